The molecule has 0 saturated carbocycles. The molecule has 6 rings (SSSR count). The average Bonchev–Trinajstić information content (AvgIpc) is 3.14. The van der Waals surface area contributed by atoms with Crippen LogP contribution in [0.3, 0.4) is 0 Å². The third kappa shape index (κ3) is 3.50. The molecule has 1 aliphatic carbocycles. The number of aromatic nitrogens is 4. The molecule has 2 aromatic heterocycles. The van der Waals surface area contributed by atoms with Gasteiger partial charge in [-0.25, -0.2) is 4.98 Å². The van der Waals surface area contributed by atoms with Crippen molar-refractivity contribution in [3.8, 4) is 22.5 Å². The van der Waals surface area contributed by atoms with Crippen molar-refractivity contribution in [3.05, 3.63) is 72.4 Å². The predicted molar refractivity (Wildman–Crippen MR) is 132 cm³/mol. The van der Waals surface area contributed by atoms with Crippen molar-refractivity contribution in [1.29, 1.82) is 0 Å². The molecular formula is C26H19N5OS. The van der Waals surface area contributed by atoms with Crippen molar-refractivity contribution >= 4 is 45.0 Å². The molecule has 0 spiro atoms. The van der Waals surface area contributed by atoms with Gasteiger partial charge in [0.15, 0.2) is 0 Å². The zero-order valence-corrected chi connectivity index (χ0v) is 18.7. The lowest BCUT2D eigenvalue weighted by atomic mass is 10.0. The SMILES string of the molecule is Cc1cc(NC(=O)CCSc2nnc3c(n2)-c2cccc4cccc-3c24)c2ccccc2n1. The highest BCUT2D eigenvalue weighted by Gasteiger charge is 2.24. The highest BCUT2D eigenvalue weighted by molar-refractivity contribution is 7.99. The second kappa shape index (κ2) is 7.94. The number of hydrogen-bond donors (Lipinski definition) is 1. The maximum absolute atomic E-state index is 12.6. The summed E-state index contributed by atoms with van der Waals surface area (Å²) in [6, 6.07) is 22.1. The lowest BCUT2D eigenvalue weighted by molar-refractivity contribution is -0.115. The highest BCUT2D eigenvalue weighted by Crippen LogP contribution is 2.44. The molecule has 160 valence electrons. The fourth-order valence-corrected chi connectivity index (χ4v) is 5.06. The number of nitrogens with one attached hydrogen (secondary N) is 1. The number of amides is 1. The largest absolute Gasteiger partial charge is 0.325 e. The third-order valence-corrected chi connectivity index (χ3v) is 6.60. The van der Waals surface area contributed by atoms with E-state index >= 15 is 0 Å². The summed E-state index contributed by atoms with van der Waals surface area (Å²) in [7, 11) is 0. The molecule has 7 heteroatoms. The molecule has 6 nitrogen and oxygen atoms in total. The molecule has 5 aromatic rings. The van der Waals surface area contributed by atoms with Crippen LogP contribution in [0.5, 0.6) is 0 Å². The first kappa shape index (κ1) is 19.8. The summed E-state index contributed by atoms with van der Waals surface area (Å²) in [4.78, 5) is 21.9. The molecule has 2 heterocycles. The number of para-hydroxylation sites is 1. The van der Waals surface area contributed by atoms with Crippen molar-refractivity contribution in [2.24, 2.45) is 0 Å². The van der Waals surface area contributed by atoms with Gasteiger partial charge in [-0.1, -0.05) is 66.4 Å². The van der Waals surface area contributed by atoms with Gasteiger partial charge in [0.05, 0.1) is 11.2 Å². The molecule has 0 fully saturated rings. The quantitative estimate of drug-likeness (QED) is 0.343. The van der Waals surface area contributed by atoms with Crippen molar-refractivity contribution in [3.63, 3.8) is 0 Å². The summed E-state index contributed by atoms with van der Waals surface area (Å²) in [5.74, 6) is 0.510. The zero-order chi connectivity index (χ0) is 22.4. The molecular weight excluding hydrogens is 430 g/mol. The molecule has 0 aliphatic heterocycles. The zero-order valence-electron chi connectivity index (χ0n) is 17.9. The number of anilines is 1. The maximum atomic E-state index is 12.6. The summed E-state index contributed by atoms with van der Waals surface area (Å²) in [5, 5.41) is 15.7. The second-order valence-corrected chi connectivity index (χ2v) is 9.04. The highest BCUT2D eigenvalue weighted by atomic mass is 32.2. The third-order valence-electron chi connectivity index (χ3n) is 5.76. The molecule has 1 amide bonds. The first-order chi connectivity index (χ1) is 16.2. The number of hydrogen-bond acceptors (Lipinski definition) is 6. The Morgan fingerprint density at radius 1 is 0.909 bits per heavy atom. The maximum Gasteiger partial charge on any atom is 0.225 e. The Labute approximate surface area is 194 Å². The molecule has 1 N–H and O–H groups in total. The number of aryl methyl sites for hydroxylation is 1. The molecule has 0 bridgehead atoms. The van der Waals surface area contributed by atoms with E-state index in [-0.39, 0.29) is 5.91 Å². The monoisotopic (exact) mass is 449 g/mol. The Kier molecular flexibility index (Phi) is 4.77. The van der Waals surface area contributed by atoms with Gasteiger partial charge in [-0.2, -0.15) is 0 Å². The van der Waals surface area contributed by atoms with Gasteiger partial charge in [0.25, 0.3) is 0 Å². The smallest absolute Gasteiger partial charge is 0.225 e. The Morgan fingerprint density at radius 3 is 2.55 bits per heavy atom. The van der Waals surface area contributed by atoms with E-state index in [4.69, 9.17) is 4.98 Å². The Morgan fingerprint density at radius 2 is 1.70 bits per heavy atom. The van der Waals surface area contributed by atoms with Gasteiger partial charge in [-0.15, -0.1) is 10.2 Å². The van der Waals surface area contributed by atoms with Crippen LogP contribution < -0.4 is 5.32 Å². The van der Waals surface area contributed by atoms with Gasteiger partial charge >= 0.3 is 0 Å². The van der Waals surface area contributed by atoms with Crippen LogP contribution in [0, 0.1) is 6.92 Å². The lowest BCUT2D eigenvalue weighted by Crippen LogP contribution is -2.13. The van der Waals surface area contributed by atoms with E-state index in [2.05, 4.69) is 44.8 Å². The van der Waals surface area contributed by atoms with Crippen LogP contribution in [0.1, 0.15) is 12.1 Å². The average molecular weight is 450 g/mol. The summed E-state index contributed by atoms with van der Waals surface area (Å²) >= 11 is 1.44. The number of pyridine rings is 1. The number of benzene rings is 3. The number of fused-ring (bicyclic) bond motifs is 4. The minimum absolute atomic E-state index is 0.0513. The Hall–Kier alpha value is -3.84. The van der Waals surface area contributed by atoms with Crippen molar-refractivity contribution in [2.75, 3.05) is 11.1 Å². The van der Waals surface area contributed by atoms with E-state index in [1.807, 2.05) is 49.4 Å². The first-order valence-electron chi connectivity index (χ1n) is 10.7. The lowest BCUT2D eigenvalue weighted by Gasteiger charge is -2.09. The van der Waals surface area contributed by atoms with E-state index < -0.39 is 0 Å². The summed E-state index contributed by atoms with van der Waals surface area (Å²) in [6.07, 6.45) is 0.344. The van der Waals surface area contributed by atoms with Crippen LogP contribution in [-0.2, 0) is 4.79 Å². The van der Waals surface area contributed by atoms with Crippen LogP contribution in [0.25, 0.3) is 44.2 Å². The van der Waals surface area contributed by atoms with Crippen molar-refractivity contribution < 1.29 is 4.79 Å². The normalized spacial score (nSPS) is 11.7. The first-order valence-corrected chi connectivity index (χ1v) is 11.7. The number of carbonyl (C=O) groups excluding carboxylic acids is 1. The van der Waals surface area contributed by atoms with Gasteiger partial charge in [0.1, 0.15) is 11.4 Å². The standard InChI is InChI=1S/C26H19N5OS/c1-15-14-21(17-8-2-3-11-20(17)27-15)28-22(32)12-13-33-26-29-24-18-9-4-6-16-7-5-10-19(23(16)18)25(24)30-31-26/h2-11,14H,12-13H2,1H3,(H,27,28,32). The van der Waals surface area contributed by atoms with Gasteiger partial charge in [0.2, 0.25) is 11.1 Å². The van der Waals surface area contributed by atoms with Gasteiger partial charge < -0.3 is 5.32 Å². The second-order valence-electron chi connectivity index (χ2n) is 7.98. The number of nitrogens with zero attached hydrogens (tertiary/aromatic N) is 4. The van der Waals surface area contributed by atoms with Crippen LogP contribution >= 0.6 is 11.8 Å². The van der Waals surface area contributed by atoms with E-state index in [9.17, 15) is 4.79 Å². The predicted octanol–water partition coefficient (Wildman–Crippen LogP) is 5.65. The van der Waals surface area contributed by atoms with Crippen LogP contribution in [0.4, 0.5) is 5.69 Å². The summed E-state index contributed by atoms with van der Waals surface area (Å²) in [6.45, 7) is 1.93. The molecule has 3 aromatic carbocycles. The van der Waals surface area contributed by atoms with Gasteiger partial charge in [-0.05, 0) is 24.4 Å². The molecule has 0 atom stereocenters. The summed E-state index contributed by atoms with van der Waals surface area (Å²) < 4.78 is 0. The Bertz CT molecular complexity index is 1560. The van der Waals surface area contributed by atoms with Crippen LogP contribution in [0.2, 0.25) is 0 Å². The molecule has 0 unspecified atom stereocenters. The summed E-state index contributed by atoms with van der Waals surface area (Å²) in [5.41, 5.74) is 6.38. The van der Waals surface area contributed by atoms with E-state index in [1.54, 1.807) is 0 Å². The number of rotatable bonds is 5. The van der Waals surface area contributed by atoms with Gasteiger partial charge in [0, 0.05) is 39.8 Å². The number of carbonyl (C=O) groups is 1. The minimum atomic E-state index is -0.0513. The molecule has 0 radical (unpaired) electrons. The van der Waals surface area contributed by atoms with E-state index in [0.29, 0.717) is 17.3 Å². The Balaban J connectivity index is 1.16. The fraction of sp³-hybridized carbons (Fsp3) is 0.115. The van der Waals surface area contributed by atoms with Crippen LogP contribution in [0.15, 0.2) is 71.9 Å². The van der Waals surface area contributed by atoms with Crippen LogP contribution in [-0.4, -0.2) is 31.8 Å². The molecule has 1 aliphatic rings. The topological polar surface area (TPSA) is 80.7 Å². The molecule has 33 heavy (non-hydrogen) atoms. The van der Waals surface area contributed by atoms with E-state index in [1.165, 1.54) is 22.5 Å². The van der Waals surface area contributed by atoms with Gasteiger partial charge in [-0.3, -0.25) is 9.78 Å². The minimum Gasteiger partial charge on any atom is -0.325 e. The van der Waals surface area contributed by atoms with Crippen molar-refractivity contribution in [1.82, 2.24) is 20.2 Å². The molecule has 0 saturated heterocycles. The number of thioether (sulfide) groups is 1. The fourth-order valence-electron chi connectivity index (χ4n) is 4.34. The van der Waals surface area contributed by atoms with E-state index in [0.717, 1.165) is 44.8 Å². The van der Waals surface area contributed by atoms with Crippen molar-refractivity contribution in [2.45, 2.75) is 18.5 Å².